The van der Waals surface area contributed by atoms with Crippen LogP contribution < -0.4 is 5.32 Å². The smallest absolute Gasteiger partial charge is 0.257 e. The Morgan fingerprint density at radius 3 is 2.20 bits per heavy atom. The Kier molecular flexibility index (Phi) is 4.69. The normalized spacial score (nSPS) is 11.9. The van der Waals surface area contributed by atoms with Crippen LogP contribution in [-0.4, -0.2) is 11.8 Å². The molecule has 5 heteroatoms. The van der Waals surface area contributed by atoms with Crippen molar-refractivity contribution in [1.29, 1.82) is 0 Å². The number of amides is 1. The van der Waals surface area contributed by atoms with Gasteiger partial charge in [0.15, 0.2) is 0 Å². The Balaban J connectivity index is 2.22. The van der Waals surface area contributed by atoms with Gasteiger partial charge >= 0.3 is 0 Å². The second kappa shape index (κ2) is 6.48. The van der Waals surface area contributed by atoms with Crippen LogP contribution in [0.4, 0.5) is 8.78 Å². The molecule has 1 atom stereocenters. The zero-order valence-corrected chi connectivity index (χ0v) is 11.2. The Morgan fingerprint density at radius 2 is 1.65 bits per heavy atom. The molecule has 2 aromatic carbocycles. The van der Waals surface area contributed by atoms with E-state index in [9.17, 15) is 13.6 Å². The zero-order valence-electron chi connectivity index (χ0n) is 10.4. The first-order valence-corrected chi connectivity index (χ1v) is 6.52. The molecule has 0 aliphatic rings. The van der Waals surface area contributed by atoms with E-state index in [4.69, 9.17) is 11.6 Å². The minimum absolute atomic E-state index is 0.103. The van der Waals surface area contributed by atoms with Crippen LogP contribution in [0.15, 0.2) is 48.5 Å². The summed E-state index contributed by atoms with van der Waals surface area (Å²) in [6, 6.07) is 11.8. The number of hydrogen-bond acceptors (Lipinski definition) is 1. The fourth-order valence-electron chi connectivity index (χ4n) is 1.84. The van der Waals surface area contributed by atoms with Crippen LogP contribution in [-0.2, 0) is 0 Å². The number of carbonyl (C=O) groups excluding carboxylic acids is 1. The van der Waals surface area contributed by atoms with Crippen LogP contribution in [0.3, 0.4) is 0 Å². The molecule has 1 unspecified atom stereocenters. The van der Waals surface area contributed by atoms with E-state index in [1.54, 1.807) is 24.3 Å². The average molecular weight is 296 g/mol. The molecule has 0 spiro atoms. The largest absolute Gasteiger partial charge is 0.344 e. The van der Waals surface area contributed by atoms with Gasteiger partial charge in [-0.05, 0) is 17.7 Å². The Labute approximate surface area is 120 Å². The van der Waals surface area contributed by atoms with E-state index in [0.717, 1.165) is 17.7 Å². The number of hydrogen-bond donors (Lipinski definition) is 1. The minimum Gasteiger partial charge on any atom is -0.344 e. The summed E-state index contributed by atoms with van der Waals surface area (Å²) in [5.41, 5.74) is 0.172. The average Bonchev–Trinajstić information content (AvgIpc) is 2.45. The van der Waals surface area contributed by atoms with Gasteiger partial charge in [-0.15, -0.1) is 11.6 Å². The van der Waals surface area contributed by atoms with Gasteiger partial charge in [-0.3, -0.25) is 4.79 Å². The highest BCUT2D eigenvalue weighted by molar-refractivity contribution is 6.18. The highest BCUT2D eigenvalue weighted by atomic mass is 35.5. The first-order valence-electron chi connectivity index (χ1n) is 5.99. The standard InChI is InChI=1S/C15H12ClF2NO/c16-9-13(10-5-2-1-3-6-10)19-15(20)14-11(17)7-4-8-12(14)18/h1-8,13H,9H2,(H,19,20). The molecule has 1 amide bonds. The third-order valence-electron chi connectivity index (χ3n) is 2.85. The van der Waals surface area contributed by atoms with Gasteiger partial charge in [0.25, 0.3) is 5.91 Å². The van der Waals surface area contributed by atoms with Crippen molar-refractivity contribution in [1.82, 2.24) is 5.32 Å². The maximum absolute atomic E-state index is 13.5. The maximum atomic E-state index is 13.5. The second-order valence-corrected chi connectivity index (χ2v) is 4.50. The van der Waals surface area contributed by atoms with E-state index in [2.05, 4.69) is 5.32 Å². The van der Waals surface area contributed by atoms with Gasteiger partial charge in [0, 0.05) is 5.88 Å². The molecular weight excluding hydrogens is 284 g/mol. The molecule has 0 saturated carbocycles. The van der Waals surface area contributed by atoms with Gasteiger partial charge in [0.1, 0.15) is 17.2 Å². The van der Waals surface area contributed by atoms with E-state index in [1.165, 1.54) is 6.07 Å². The lowest BCUT2D eigenvalue weighted by Gasteiger charge is -2.17. The fraction of sp³-hybridized carbons (Fsp3) is 0.133. The molecule has 0 fully saturated rings. The molecule has 0 aliphatic carbocycles. The van der Waals surface area contributed by atoms with Crippen LogP contribution in [0.5, 0.6) is 0 Å². The van der Waals surface area contributed by atoms with Crippen molar-refractivity contribution in [2.24, 2.45) is 0 Å². The monoisotopic (exact) mass is 295 g/mol. The highest BCUT2D eigenvalue weighted by Gasteiger charge is 2.20. The molecule has 20 heavy (non-hydrogen) atoms. The summed E-state index contributed by atoms with van der Waals surface area (Å²) in [6.07, 6.45) is 0. The number of halogens is 3. The fourth-order valence-corrected chi connectivity index (χ4v) is 2.10. The molecular formula is C15H12ClF2NO. The van der Waals surface area contributed by atoms with Gasteiger partial charge in [-0.25, -0.2) is 8.78 Å². The highest BCUT2D eigenvalue weighted by Crippen LogP contribution is 2.17. The summed E-state index contributed by atoms with van der Waals surface area (Å²) < 4.78 is 27.0. The number of alkyl halides is 1. The minimum atomic E-state index is -0.899. The van der Waals surface area contributed by atoms with Crippen LogP contribution in [0.25, 0.3) is 0 Å². The lowest BCUT2D eigenvalue weighted by atomic mass is 10.1. The van der Waals surface area contributed by atoms with Gasteiger partial charge in [-0.2, -0.15) is 0 Å². The molecule has 0 saturated heterocycles. The SMILES string of the molecule is O=C(NC(CCl)c1ccccc1)c1c(F)cccc1F. The third kappa shape index (κ3) is 3.14. The predicted molar refractivity (Wildman–Crippen MR) is 73.7 cm³/mol. The third-order valence-corrected chi connectivity index (χ3v) is 3.16. The zero-order chi connectivity index (χ0) is 14.5. The van der Waals surface area contributed by atoms with Gasteiger partial charge < -0.3 is 5.32 Å². The van der Waals surface area contributed by atoms with Crippen molar-refractivity contribution in [3.05, 3.63) is 71.3 Å². The van der Waals surface area contributed by atoms with Gasteiger partial charge in [-0.1, -0.05) is 36.4 Å². The van der Waals surface area contributed by atoms with Crippen LogP contribution in [0, 0.1) is 11.6 Å². The molecule has 2 nitrogen and oxygen atoms in total. The Bertz CT molecular complexity index is 584. The van der Waals surface area contributed by atoms with Crippen LogP contribution in [0.2, 0.25) is 0 Å². The quantitative estimate of drug-likeness (QED) is 0.857. The predicted octanol–water partition coefficient (Wildman–Crippen LogP) is 3.67. The number of rotatable bonds is 4. The molecule has 2 rings (SSSR count). The number of benzene rings is 2. The van der Waals surface area contributed by atoms with Crippen molar-refractivity contribution >= 4 is 17.5 Å². The maximum Gasteiger partial charge on any atom is 0.257 e. The summed E-state index contributed by atoms with van der Waals surface area (Å²) >= 11 is 5.81. The van der Waals surface area contributed by atoms with Gasteiger partial charge in [0.05, 0.1) is 6.04 Å². The van der Waals surface area contributed by atoms with E-state index in [1.807, 2.05) is 6.07 Å². The van der Waals surface area contributed by atoms with E-state index < -0.39 is 29.1 Å². The summed E-state index contributed by atoms with van der Waals surface area (Å²) in [6.45, 7) is 0. The summed E-state index contributed by atoms with van der Waals surface area (Å²) in [7, 11) is 0. The molecule has 0 heterocycles. The van der Waals surface area contributed by atoms with Crippen molar-refractivity contribution in [3.63, 3.8) is 0 Å². The van der Waals surface area contributed by atoms with E-state index >= 15 is 0 Å². The van der Waals surface area contributed by atoms with Crippen molar-refractivity contribution in [2.75, 3.05) is 5.88 Å². The van der Waals surface area contributed by atoms with Gasteiger partial charge in [0.2, 0.25) is 0 Å². The molecule has 0 aromatic heterocycles. The lowest BCUT2D eigenvalue weighted by molar-refractivity contribution is 0.0932. The number of nitrogens with one attached hydrogen (secondary N) is 1. The molecule has 0 aliphatic heterocycles. The summed E-state index contributed by atoms with van der Waals surface area (Å²) in [4.78, 5) is 12.0. The second-order valence-electron chi connectivity index (χ2n) is 4.19. The summed E-state index contributed by atoms with van der Waals surface area (Å²) in [5, 5.41) is 2.53. The molecule has 0 radical (unpaired) electrons. The van der Waals surface area contributed by atoms with Crippen LogP contribution in [0.1, 0.15) is 22.0 Å². The van der Waals surface area contributed by atoms with E-state index in [0.29, 0.717) is 0 Å². The first-order chi connectivity index (χ1) is 9.63. The van der Waals surface area contributed by atoms with E-state index in [-0.39, 0.29) is 5.88 Å². The summed E-state index contributed by atoms with van der Waals surface area (Å²) in [5.74, 6) is -2.52. The van der Waals surface area contributed by atoms with Crippen molar-refractivity contribution in [3.8, 4) is 0 Å². The molecule has 104 valence electrons. The first kappa shape index (κ1) is 14.5. The Morgan fingerprint density at radius 1 is 1.05 bits per heavy atom. The number of carbonyl (C=O) groups is 1. The molecule has 0 bridgehead atoms. The lowest BCUT2D eigenvalue weighted by Crippen LogP contribution is -2.31. The Hall–Kier alpha value is -1.94. The molecule has 1 N–H and O–H groups in total. The van der Waals surface area contributed by atoms with Crippen LogP contribution >= 0.6 is 11.6 Å². The van der Waals surface area contributed by atoms with Crippen molar-refractivity contribution < 1.29 is 13.6 Å². The molecule has 2 aromatic rings. The van der Waals surface area contributed by atoms with Crippen molar-refractivity contribution in [2.45, 2.75) is 6.04 Å². The topological polar surface area (TPSA) is 29.1 Å².